The summed E-state index contributed by atoms with van der Waals surface area (Å²) >= 11 is 0. The van der Waals surface area contributed by atoms with Crippen molar-refractivity contribution in [1.29, 1.82) is 0 Å². The van der Waals surface area contributed by atoms with Crippen LogP contribution in [-0.2, 0) is 0 Å². The van der Waals surface area contributed by atoms with Crippen LogP contribution in [0.4, 0.5) is 0 Å². The Balaban J connectivity index is 2.55. The van der Waals surface area contributed by atoms with Crippen LogP contribution < -0.4 is 9.47 Å². The highest BCUT2D eigenvalue weighted by molar-refractivity contribution is 5.61. The van der Waals surface area contributed by atoms with E-state index in [-0.39, 0.29) is 0 Å². The second-order valence-corrected chi connectivity index (χ2v) is 10.8. The minimum atomic E-state index is 0.713. The lowest BCUT2D eigenvalue weighted by Crippen LogP contribution is -2.07. The zero-order valence-electron chi connectivity index (χ0n) is 22.5. The Hall–Kier alpha value is -1.44. The summed E-state index contributed by atoms with van der Waals surface area (Å²) in [5.74, 6) is 5.00. The molecular weight excluding hydrogens is 392 g/mol. The molecule has 0 bridgehead atoms. The SMILES string of the molecule is CC=Cc1cc(OCCC(C)CCCC(C)C)c(C)cc1OCCC(C)CCCC(C)C. The van der Waals surface area contributed by atoms with Crippen molar-refractivity contribution in [3.63, 3.8) is 0 Å². The molecule has 0 aliphatic heterocycles. The van der Waals surface area contributed by atoms with Crippen LogP contribution in [0.25, 0.3) is 6.08 Å². The van der Waals surface area contributed by atoms with Gasteiger partial charge in [0.1, 0.15) is 11.5 Å². The molecule has 0 saturated heterocycles. The highest BCUT2D eigenvalue weighted by atomic mass is 16.5. The Kier molecular flexibility index (Phi) is 14.5. The lowest BCUT2D eigenvalue weighted by Gasteiger charge is -2.17. The van der Waals surface area contributed by atoms with E-state index in [2.05, 4.69) is 79.7 Å². The maximum atomic E-state index is 6.22. The first-order chi connectivity index (χ1) is 15.2. The van der Waals surface area contributed by atoms with Crippen LogP contribution in [0.15, 0.2) is 18.2 Å². The minimum absolute atomic E-state index is 0.713. The molecule has 2 atom stereocenters. The second kappa shape index (κ2) is 16.2. The zero-order chi connectivity index (χ0) is 23.9. The predicted molar refractivity (Wildman–Crippen MR) is 142 cm³/mol. The first-order valence-corrected chi connectivity index (χ1v) is 13.3. The van der Waals surface area contributed by atoms with E-state index in [1.54, 1.807) is 0 Å². The van der Waals surface area contributed by atoms with Crippen LogP contribution in [-0.4, -0.2) is 13.2 Å². The number of hydrogen-bond donors (Lipinski definition) is 0. The molecule has 2 unspecified atom stereocenters. The maximum Gasteiger partial charge on any atom is 0.127 e. The molecule has 0 aliphatic carbocycles. The van der Waals surface area contributed by atoms with Gasteiger partial charge in [-0.15, -0.1) is 0 Å². The van der Waals surface area contributed by atoms with Gasteiger partial charge >= 0.3 is 0 Å². The van der Waals surface area contributed by atoms with Gasteiger partial charge in [-0.1, -0.05) is 92.2 Å². The van der Waals surface area contributed by atoms with Crippen LogP contribution in [0.5, 0.6) is 11.5 Å². The Labute approximate surface area is 200 Å². The number of allylic oxidation sites excluding steroid dienone is 1. The van der Waals surface area contributed by atoms with E-state index in [1.165, 1.54) is 38.5 Å². The third-order valence-corrected chi connectivity index (χ3v) is 6.35. The summed E-state index contributed by atoms with van der Waals surface area (Å²) < 4.78 is 12.4. The summed E-state index contributed by atoms with van der Waals surface area (Å²) in [6.45, 7) is 19.7. The summed E-state index contributed by atoms with van der Waals surface area (Å²) in [5, 5.41) is 0. The third kappa shape index (κ3) is 12.6. The minimum Gasteiger partial charge on any atom is -0.493 e. The number of benzene rings is 1. The zero-order valence-corrected chi connectivity index (χ0v) is 22.5. The standard InChI is InChI=1S/C30H52O2/c1-9-12-28-22-29(31-19-17-25(6)15-10-13-23(2)3)27(8)21-30(28)32-20-18-26(7)16-11-14-24(4)5/h9,12,21-26H,10-11,13-20H2,1-8H3. The maximum absolute atomic E-state index is 6.22. The molecule has 184 valence electrons. The third-order valence-electron chi connectivity index (χ3n) is 6.35. The molecule has 32 heavy (non-hydrogen) atoms. The van der Waals surface area contributed by atoms with Gasteiger partial charge in [-0.3, -0.25) is 0 Å². The smallest absolute Gasteiger partial charge is 0.127 e. The molecule has 1 rings (SSSR count). The Morgan fingerprint density at radius 3 is 1.66 bits per heavy atom. The Morgan fingerprint density at radius 1 is 0.688 bits per heavy atom. The van der Waals surface area contributed by atoms with Crippen molar-refractivity contribution < 1.29 is 9.47 Å². The fourth-order valence-electron chi connectivity index (χ4n) is 4.05. The van der Waals surface area contributed by atoms with E-state index in [1.807, 2.05) is 0 Å². The van der Waals surface area contributed by atoms with Gasteiger partial charge in [-0.2, -0.15) is 0 Å². The van der Waals surface area contributed by atoms with Crippen LogP contribution in [0.3, 0.4) is 0 Å². The van der Waals surface area contributed by atoms with Crippen molar-refractivity contribution in [2.75, 3.05) is 13.2 Å². The van der Waals surface area contributed by atoms with Crippen LogP contribution >= 0.6 is 0 Å². The van der Waals surface area contributed by atoms with Crippen molar-refractivity contribution in [3.05, 3.63) is 29.3 Å². The van der Waals surface area contributed by atoms with Crippen LogP contribution in [0.2, 0.25) is 0 Å². The highest BCUT2D eigenvalue weighted by Crippen LogP contribution is 2.30. The summed E-state index contributed by atoms with van der Waals surface area (Å²) in [7, 11) is 0. The van der Waals surface area contributed by atoms with E-state index < -0.39 is 0 Å². The lowest BCUT2D eigenvalue weighted by molar-refractivity contribution is 0.267. The largest absolute Gasteiger partial charge is 0.493 e. The van der Waals surface area contributed by atoms with Gasteiger partial charge < -0.3 is 9.47 Å². The molecule has 0 heterocycles. The van der Waals surface area contributed by atoms with E-state index in [0.29, 0.717) is 11.8 Å². The second-order valence-electron chi connectivity index (χ2n) is 10.8. The lowest BCUT2D eigenvalue weighted by atomic mass is 9.97. The van der Waals surface area contributed by atoms with E-state index in [4.69, 9.17) is 9.47 Å². The molecule has 0 N–H and O–H groups in total. The normalized spacial score (nSPS) is 13.8. The number of rotatable bonds is 17. The van der Waals surface area contributed by atoms with Crippen molar-refractivity contribution in [2.45, 2.75) is 107 Å². The summed E-state index contributed by atoms with van der Waals surface area (Å²) in [6.07, 6.45) is 14.3. The molecule has 0 aromatic heterocycles. The molecule has 0 radical (unpaired) electrons. The van der Waals surface area contributed by atoms with Gasteiger partial charge in [0.05, 0.1) is 13.2 Å². The van der Waals surface area contributed by atoms with Crippen molar-refractivity contribution >= 4 is 6.08 Å². The molecule has 1 aromatic rings. The monoisotopic (exact) mass is 444 g/mol. The fourth-order valence-corrected chi connectivity index (χ4v) is 4.05. The van der Waals surface area contributed by atoms with Gasteiger partial charge in [-0.05, 0) is 68.1 Å². The first-order valence-electron chi connectivity index (χ1n) is 13.3. The number of ether oxygens (including phenoxy) is 2. The van der Waals surface area contributed by atoms with Crippen LogP contribution in [0, 0.1) is 30.6 Å². The molecule has 0 saturated carbocycles. The number of hydrogen-bond acceptors (Lipinski definition) is 2. The van der Waals surface area contributed by atoms with Gasteiger partial charge in [-0.25, -0.2) is 0 Å². The fraction of sp³-hybridized carbons (Fsp3) is 0.733. The molecule has 0 fully saturated rings. The number of aryl methyl sites for hydroxylation is 1. The summed E-state index contributed by atoms with van der Waals surface area (Å²) in [6, 6.07) is 4.31. The summed E-state index contributed by atoms with van der Waals surface area (Å²) in [5.41, 5.74) is 2.27. The van der Waals surface area contributed by atoms with Crippen molar-refractivity contribution in [2.24, 2.45) is 23.7 Å². The molecule has 2 heteroatoms. The summed E-state index contributed by atoms with van der Waals surface area (Å²) in [4.78, 5) is 0. The molecule has 1 aromatic carbocycles. The van der Waals surface area contributed by atoms with Crippen molar-refractivity contribution in [1.82, 2.24) is 0 Å². The van der Waals surface area contributed by atoms with E-state index in [9.17, 15) is 0 Å². The van der Waals surface area contributed by atoms with Gasteiger partial charge in [0.25, 0.3) is 0 Å². The predicted octanol–water partition coefficient (Wildman–Crippen LogP) is 9.49. The molecule has 0 spiro atoms. The van der Waals surface area contributed by atoms with Crippen LogP contribution in [0.1, 0.15) is 111 Å². The van der Waals surface area contributed by atoms with Gasteiger partial charge in [0.2, 0.25) is 0 Å². The average molecular weight is 445 g/mol. The van der Waals surface area contributed by atoms with Gasteiger partial charge in [0, 0.05) is 5.56 Å². The topological polar surface area (TPSA) is 18.5 Å². The molecule has 0 amide bonds. The molecular formula is C30H52O2. The van der Waals surface area contributed by atoms with E-state index in [0.717, 1.165) is 60.5 Å². The first kappa shape index (κ1) is 28.6. The van der Waals surface area contributed by atoms with E-state index >= 15 is 0 Å². The van der Waals surface area contributed by atoms with Crippen molar-refractivity contribution in [3.8, 4) is 11.5 Å². The average Bonchev–Trinajstić information content (AvgIpc) is 2.70. The molecule has 2 nitrogen and oxygen atoms in total. The Morgan fingerprint density at radius 2 is 1.19 bits per heavy atom. The van der Waals surface area contributed by atoms with Gasteiger partial charge in [0.15, 0.2) is 0 Å². The highest BCUT2D eigenvalue weighted by Gasteiger charge is 2.11. The quantitative estimate of drug-likeness (QED) is 0.238. The molecule has 0 aliphatic rings. The Bertz CT molecular complexity index is 644.